The zero-order valence-electron chi connectivity index (χ0n) is 14.3. The molecule has 1 aliphatic rings. The van der Waals surface area contributed by atoms with Crippen LogP contribution < -0.4 is 10.2 Å². The number of amides is 1. The lowest BCUT2D eigenvalue weighted by molar-refractivity contribution is 0.0923. The molecule has 1 saturated heterocycles. The average Bonchev–Trinajstić information content (AvgIpc) is 3.22. The zero-order valence-corrected chi connectivity index (χ0v) is 14.3. The van der Waals surface area contributed by atoms with E-state index in [2.05, 4.69) is 30.2 Å². The van der Waals surface area contributed by atoms with Gasteiger partial charge in [-0.05, 0) is 12.8 Å². The number of carbonyl (C=O) groups excluding carboxylic acids is 1. The summed E-state index contributed by atoms with van der Waals surface area (Å²) in [4.78, 5) is 31.6. The molecule has 0 aromatic carbocycles. The molecule has 1 fully saturated rings. The third-order valence-corrected chi connectivity index (χ3v) is 4.66. The van der Waals surface area contributed by atoms with Crippen LogP contribution in [0.2, 0.25) is 0 Å². The van der Waals surface area contributed by atoms with E-state index < -0.39 is 0 Å². The van der Waals surface area contributed by atoms with Crippen molar-refractivity contribution in [3.05, 3.63) is 30.9 Å². The maximum atomic E-state index is 12.3. The van der Waals surface area contributed by atoms with Gasteiger partial charge in [0.2, 0.25) is 0 Å². The smallest absolute Gasteiger partial charge is 0.269 e. The zero-order chi connectivity index (χ0) is 17.4. The number of nitrogens with one attached hydrogen (secondary N) is 1. The highest BCUT2D eigenvalue weighted by molar-refractivity contribution is 5.92. The molecule has 3 aromatic rings. The fourth-order valence-electron chi connectivity index (χ4n) is 3.24. The van der Waals surface area contributed by atoms with E-state index >= 15 is 0 Å². The molecule has 0 spiro atoms. The number of fused-ring (bicyclic) bond motifs is 1. The number of carbonyl (C=O) groups is 1. The van der Waals surface area contributed by atoms with Crippen molar-refractivity contribution in [1.82, 2.24) is 34.4 Å². The summed E-state index contributed by atoms with van der Waals surface area (Å²) in [5, 5.41) is 3.10. The fourth-order valence-corrected chi connectivity index (χ4v) is 3.24. The number of imidazole rings is 2. The van der Waals surface area contributed by atoms with Crippen LogP contribution in [-0.4, -0.2) is 54.1 Å². The summed E-state index contributed by atoms with van der Waals surface area (Å²) < 4.78 is 3.62. The lowest BCUT2D eigenvalue weighted by atomic mass is 10.0. The minimum absolute atomic E-state index is 0.0763. The van der Waals surface area contributed by atoms with Crippen LogP contribution >= 0.6 is 0 Å². The Morgan fingerprint density at radius 2 is 1.92 bits per heavy atom. The number of anilines is 1. The SMILES string of the molecule is Cn1cncc1C(=O)NC1CCN(c2ncnc3c2ncn3C)CC1. The third kappa shape index (κ3) is 2.81. The van der Waals surface area contributed by atoms with Crippen LogP contribution in [0.25, 0.3) is 11.2 Å². The van der Waals surface area contributed by atoms with E-state index in [1.165, 1.54) is 0 Å². The Hall–Kier alpha value is -2.97. The highest BCUT2D eigenvalue weighted by Gasteiger charge is 2.24. The lowest BCUT2D eigenvalue weighted by Gasteiger charge is -2.33. The van der Waals surface area contributed by atoms with Gasteiger partial charge >= 0.3 is 0 Å². The van der Waals surface area contributed by atoms with E-state index in [9.17, 15) is 4.79 Å². The Bertz CT molecular complexity index is 906. The highest BCUT2D eigenvalue weighted by Crippen LogP contribution is 2.24. The van der Waals surface area contributed by atoms with Gasteiger partial charge in [0.25, 0.3) is 5.91 Å². The van der Waals surface area contributed by atoms with Gasteiger partial charge in [-0.3, -0.25) is 4.79 Å². The molecule has 130 valence electrons. The van der Waals surface area contributed by atoms with E-state index in [1.807, 2.05) is 18.7 Å². The minimum atomic E-state index is -0.0763. The van der Waals surface area contributed by atoms with Crippen LogP contribution in [0.3, 0.4) is 0 Å². The lowest BCUT2D eigenvalue weighted by Crippen LogP contribution is -2.45. The molecule has 0 radical (unpaired) electrons. The molecule has 0 aliphatic carbocycles. The molecule has 0 atom stereocenters. The standard InChI is InChI=1S/C16H20N8O/c1-22-9-17-7-12(22)16(25)21-11-3-5-24(6-4-11)15-13-14(18-8-19-15)23(2)10-20-13/h7-11H,3-6H2,1-2H3,(H,21,25). The monoisotopic (exact) mass is 340 g/mol. The van der Waals surface area contributed by atoms with Crippen LogP contribution in [0.5, 0.6) is 0 Å². The summed E-state index contributed by atoms with van der Waals surface area (Å²) in [6.45, 7) is 1.64. The van der Waals surface area contributed by atoms with Gasteiger partial charge < -0.3 is 19.4 Å². The number of nitrogens with zero attached hydrogens (tertiary/aromatic N) is 7. The van der Waals surface area contributed by atoms with Crippen molar-refractivity contribution in [3.63, 3.8) is 0 Å². The Morgan fingerprint density at radius 3 is 2.64 bits per heavy atom. The highest BCUT2D eigenvalue weighted by atomic mass is 16.2. The van der Waals surface area contributed by atoms with E-state index in [-0.39, 0.29) is 11.9 Å². The first kappa shape index (κ1) is 15.6. The summed E-state index contributed by atoms with van der Waals surface area (Å²) >= 11 is 0. The quantitative estimate of drug-likeness (QED) is 0.746. The average molecular weight is 340 g/mol. The number of hydrogen-bond donors (Lipinski definition) is 1. The first-order chi connectivity index (χ1) is 12.1. The first-order valence-corrected chi connectivity index (χ1v) is 8.27. The molecule has 1 N–H and O–H groups in total. The van der Waals surface area contributed by atoms with Crippen molar-refractivity contribution in [2.24, 2.45) is 14.1 Å². The number of rotatable bonds is 3. The van der Waals surface area contributed by atoms with Gasteiger partial charge in [0, 0.05) is 33.2 Å². The third-order valence-electron chi connectivity index (χ3n) is 4.66. The van der Waals surface area contributed by atoms with Gasteiger partial charge in [0.05, 0.1) is 18.9 Å². The summed E-state index contributed by atoms with van der Waals surface area (Å²) in [7, 11) is 3.74. The van der Waals surface area contributed by atoms with Gasteiger partial charge in [-0.1, -0.05) is 0 Å². The Morgan fingerprint density at radius 1 is 1.12 bits per heavy atom. The van der Waals surface area contributed by atoms with Crippen LogP contribution in [0, 0.1) is 0 Å². The second-order valence-corrected chi connectivity index (χ2v) is 6.35. The van der Waals surface area contributed by atoms with E-state index in [4.69, 9.17) is 0 Å². The summed E-state index contributed by atoms with van der Waals surface area (Å²) in [6.07, 6.45) is 8.27. The van der Waals surface area contributed by atoms with Crippen LogP contribution in [0.1, 0.15) is 23.3 Å². The van der Waals surface area contributed by atoms with Crippen LogP contribution in [0.4, 0.5) is 5.82 Å². The normalized spacial score (nSPS) is 15.7. The van der Waals surface area contributed by atoms with E-state index in [0.717, 1.165) is 42.9 Å². The van der Waals surface area contributed by atoms with E-state index in [0.29, 0.717) is 5.69 Å². The van der Waals surface area contributed by atoms with Crippen molar-refractivity contribution in [3.8, 4) is 0 Å². The van der Waals surface area contributed by atoms with Gasteiger partial charge in [0.15, 0.2) is 17.0 Å². The van der Waals surface area contributed by atoms with Crippen molar-refractivity contribution >= 4 is 22.9 Å². The van der Waals surface area contributed by atoms with Crippen molar-refractivity contribution in [2.75, 3.05) is 18.0 Å². The van der Waals surface area contributed by atoms with Crippen LogP contribution in [0.15, 0.2) is 25.2 Å². The predicted molar refractivity (Wildman–Crippen MR) is 92.2 cm³/mol. The molecule has 4 rings (SSSR count). The number of aromatic nitrogens is 6. The Labute approximate surface area is 144 Å². The molecule has 1 aliphatic heterocycles. The summed E-state index contributed by atoms with van der Waals surface area (Å²) in [5.41, 5.74) is 2.23. The second kappa shape index (κ2) is 6.15. The summed E-state index contributed by atoms with van der Waals surface area (Å²) in [6, 6.07) is 0.153. The summed E-state index contributed by atoms with van der Waals surface area (Å²) in [5.74, 6) is 0.787. The Balaban J connectivity index is 1.43. The topological polar surface area (TPSA) is 93.8 Å². The number of hydrogen-bond acceptors (Lipinski definition) is 6. The van der Waals surface area contributed by atoms with E-state index in [1.54, 1.807) is 29.7 Å². The van der Waals surface area contributed by atoms with Crippen molar-refractivity contribution in [2.45, 2.75) is 18.9 Å². The molecular weight excluding hydrogens is 320 g/mol. The van der Waals surface area contributed by atoms with Gasteiger partial charge in [-0.25, -0.2) is 19.9 Å². The fraction of sp³-hybridized carbons (Fsp3) is 0.438. The van der Waals surface area contributed by atoms with Gasteiger partial charge in [-0.15, -0.1) is 0 Å². The molecule has 0 unspecified atom stereocenters. The number of aryl methyl sites for hydroxylation is 2. The molecular formula is C16H20N8O. The first-order valence-electron chi connectivity index (χ1n) is 8.27. The maximum Gasteiger partial charge on any atom is 0.269 e. The molecule has 9 nitrogen and oxygen atoms in total. The van der Waals surface area contributed by atoms with Crippen molar-refractivity contribution < 1.29 is 4.79 Å². The second-order valence-electron chi connectivity index (χ2n) is 6.35. The predicted octanol–water partition coefficient (Wildman–Crippen LogP) is 0.496. The van der Waals surface area contributed by atoms with Gasteiger partial charge in [-0.2, -0.15) is 0 Å². The molecule has 3 aromatic heterocycles. The van der Waals surface area contributed by atoms with Crippen LogP contribution in [-0.2, 0) is 14.1 Å². The molecule has 25 heavy (non-hydrogen) atoms. The maximum absolute atomic E-state index is 12.3. The van der Waals surface area contributed by atoms with Gasteiger partial charge in [0.1, 0.15) is 12.0 Å². The molecule has 0 saturated carbocycles. The molecule has 9 heteroatoms. The molecule has 1 amide bonds. The molecule has 0 bridgehead atoms. The van der Waals surface area contributed by atoms with Crippen molar-refractivity contribution in [1.29, 1.82) is 0 Å². The number of piperidine rings is 1. The molecule has 4 heterocycles. The Kier molecular flexibility index (Phi) is 3.83. The minimum Gasteiger partial charge on any atom is -0.355 e. The largest absolute Gasteiger partial charge is 0.355 e.